The fourth-order valence-corrected chi connectivity index (χ4v) is 2.31. The second kappa shape index (κ2) is 6.55. The lowest BCUT2D eigenvalue weighted by Gasteiger charge is -2.08. The van der Waals surface area contributed by atoms with E-state index in [-0.39, 0.29) is 0 Å². The summed E-state index contributed by atoms with van der Waals surface area (Å²) in [6.07, 6.45) is 5.09. The van der Waals surface area contributed by atoms with E-state index in [0.717, 1.165) is 17.9 Å². The van der Waals surface area contributed by atoms with Crippen molar-refractivity contribution in [3.8, 4) is 0 Å². The second-order valence-electron chi connectivity index (χ2n) is 4.66. The topological polar surface area (TPSA) is 27.1 Å². The smallest absolute Gasteiger partial charge is 0.135 e. The minimum atomic E-state index is 0.586. The molecule has 0 aliphatic heterocycles. The third kappa shape index (κ3) is 2.91. The van der Waals surface area contributed by atoms with Gasteiger partial charge in [0, 0.05) is 13.7 Å². The number of imidazole rings is 1. The van der Waals surface area contributed by atoms with E-state index < -0.39 is 0 Å². The van der Waals surface area contributed by atoms with E-state index in [1.54, 1.807) is 7.11 Å². The summed E-state index contributed by atoms with van der Waals surface area (Å²) in [5.74, 6) is 1.04. The van der Waals surface area contributed by atoms with E-state index in [4.69, 9.17) is 4.74 Å². The Morgan fingerprint density at radius 2 is 2.00 bits per heavy atom. The van der Waals surface area contributed by atoms with Crippen LogP contribution in [-0.2, 0) is 17.9 Å². The first-order valence-corrected chi connectivity index (χ1v) is 6.80. The summed E-state index contributed by atoms with van der Waals surface area (Å²) in [5.41, 5.74) is 2.29. The Balaban J connectivity index is 2.19. The van der Waals surface area contributed by atoms with Gasteiger partial charge in [0.05, 0.1) is 11.0 Å². The Morgan fingerprint density at radius 1 is 1.17 bits per heavy atom. The number of rotatable bonds is 7. The summed E-state index contributed by atoms with van der Waals surface area (Å²) in [4.78, 5) is 4.64. The van der Waals surface area contributed by atoms with Crippen LogP contribution in [0.1, 0.15) is 38.4 Å². The molecule has 2 rings (SSSR count). The van der Waals surface area contributed by atoms with Gasteiger partial charge in [0.1, 0.15) is 12.4 Å². The highest BCUT2D eigenvalue weighted by Gasteiger charge is 2.09. The van der Waals surface area contributed by atoms with Crippen molar-refractivity contribution in [1.82, 2.24) is 9.55 Å². The van der Waals surface area contributed by atoms with E-state index in [1.165, 1.54) is 31.2 Å². The number of aryl methyl sites for hydroxylation is 1. The van der Waals surface area contributed by atoms with Crippen LogP contribution in [0.5, 0.6) is 0 Å². The molecule has 0 radical (unpaired) electrons. The molecule has 0 aliphatic rings. The van der Waals surface area contributed by atoms with Crippen LogP contribution in [0.25, 0.3) is 11.0 Å². The Morgan fingerprint density at radius 3 is 2.78 bits per heavy atom. The maximum Gasteiger partial charge on any atom is 0.135 e. The molecule has 1 aromatic carbocycles. The van der Waals surface area contributed by atoms with Gasteiger partial charge in [-0.3, -0.25) is 0 Å². The van der Waals surface area contributed by atoms with Crippen LogP contribution in [0, 0.1) is 0 Å². The second-order valence-corrected chi connectivity index (χ2v) is 4.66. The minimum Gasteiger partial charge on any atom is -0.377 e. The largest absolute Gasteiger partial charge is 0.377 e. The highest BCUT2D eigenvalue weighted by Crippen LogP contribution is 2.17. The molecule has 0 amide bonds. The van der Waals surface area contributed by atoms with Gasteiger partial charge >= 0.3 is 0 Å². The van der Waals surface area contributed by atoms with Gasteiger partial charge in [-0.05, 0) is 18.6 Å². The van der Waals surface area contributed by atoms with Crippen molar-refractivity contribution >= 4 is 11.0 Å². The quantitative estimate of drug-likeness (QED) is 0.695. The lowest BCUT2D eigenvalue weighted by Crippen LogP contribution is -2.05. The summed E-state index contributed by atoms with van der Waals surface area (Å²) in [6, 6.07) is 8.31. The molecule has 1 heterocycles. The van der Waals surface area contributed by atoms with E-state index in [1.807, 2.05) is 6.07 Å². The third-order valence-corrected chi connectivity index (χ3v) is 3.24. The monoisotopic (exact) mass is 246 g/mol. The summed E-state index contributed by atoms with van der Waals surface area (Å²) < 4.78 is 7.54. The molecule has 3 nitrogen and oxygen atoms in total. The van der Waals surface area contributed by atoms with Crippen LogP contribution in [-0.4, -0.2) is 16.7 Å². The van der Waals surface area contributed by atoms with Crippen molar-refractivity contribution in [2.75, 3.05) is 7.11 Å². The molecule has 3 heteroatoms. The molecule has 0 atom stereocenters. The van der Waals surface area contributed by atoms with Gasteiger partial charge in [-0.1, -0.05) is 38.3 Å². The van der Waals surface area contributed by atoms with Gasteiger partial charge in [0.25, 0.3) is 0 Å². The molecule has 0 unspecified atom stereocenters. The van der Waals surface area contributed by atoms with Crippen molar-refractivity contribution in [3.05, 3.63) is 30.1 Å². The zero-order valence-corrected chi connectivity index (χ0v) is 11.4. The molecule has 98 valence electrons. The Bertz CT molecular complexity index is 490. The minimum absolute atomic E-state index is 0.586. The number of hydrogen-bond acceptors (Lipinski definition) is 2. The Kier molecular flexibility index (Phi) is 4.76. The molecule has 18 heavy (non-hydrogen) atoms. The Labute approximate surface area is 109 Å². The van der Waals surface area contributed by atoms with Crippen LogP contribution in [0.15, 0.2) is 24.3 Å². The van der Waals surface area contributed by atoms with Crippen molar-refractivity contribution < 1.29 is 4.74 Å². The first kappa shape index (κ1) is 13.1. The van der Waals surface area contributed by atoms with E-state index in [0.29, 0.717) is 6.61 Å². The molecule has 0 saturated carbocycles. The number of nitrogens with zero attached hydrogens (tertiary/aromatic N) is 2. The molecule has 2 aromatic rings. The van der Waals surface area contributed by atoms with Gasteiger partial charge in [-0.25, -0.2) is 4.98 Å². The predicted molar refractivity (Wildman–Crippen MR) is 74.6 cm³/mol. The van der Waals surface area contributed by atoms with Crippen LogP contribution in [0.4, 0.5) is 0 Å². The summed E-state index contributed by atoms with van der Waals surface area (Å²) >= 11 is 0. The lowest BCUT2D eigenvalue weighted by molar-refractivity contribution is 0.174. The highest BCUT2D eigenvalue weighted by molar-refractivity contribution is 5.75. The number of para-hydroxylation sites is 2. The number of ether oxygens (including phenoxy) is 1. The van der Waals surface area contributed by atoms with Crippen molar-refractivity contribution in [2.24, 2.45) is 0 Å². The first-order valence-electron chi connectivity index (χ1n) is 6.80. The molecule has 0 spiro atoms. The maximum atomic E-state index is 5.24. The highest BCUT2D eigenvalue weighted by atomic mass is 16.5. The number of unbranched alkanes of at least 4 members (excludes halogenated alkanes) is 3. The summed E-state index contributed by atoms with van der Waals surface area (Å²) in [6.45, 7) is 3.87. The van der Waals surface area contributed by atoms with Crippen molar-refractivity contribution in [3.63, 3.8) is 0 Å². The number of methoxy groups -OCH3 is 1. The molecular weight excluding hydrogens is 224 g/mol. The van der Waals surface area contributed by atoms with Crippen LogP contribution in [0.3, 0.4) is 0 Å². The van der Waals surface area contributed by atoms with Gasteiger partial charge in [0.2, 0.25) is 0 Å². The lowest BCUT2D eigenvalue weighted by atomic mass is 10.2. The average molecular weight is 246 g/mol. The number of benzene rings is 1. The molecule has 0 bridgehead atoms. The predicted octanol–water partition coefficient (Wildman–Crippen LogP) is 3.76. The SMILES string of the molecule is CCCCCCn1c(COC)nc2ccccc21. The van der Waals surface area contributed by atoms with E-state index >= 15 is 0 Å². The van der Waals surface area contributed by atoms with Gasteiger partial charge in [-0.2, -0.15) is 0 Å². The summed E-state index contributed by atoms with van der Waals surface area (Å²) in [5, 5.41) is 0. The number of fused-ring (bicyclic) bond motifs is 1. The van der Waals surface area contributed by atoms with Crippen molar-refractivity contribution in [1.29, 1.82) is 0 Å². The molecule has 0 N–H and O–H groups in total. The van der Waals surface area contributed by atoms with E-state index in [2.05, 4.69) is 34.7 Å². The van der Waals surface area contributed by atoms with Gasteiger partial charge in [0.15, 0.2) is 0 Å². The van der Waals surface area contributed by atoms with Crippen molar-refractivity contribution in [2.45, 2.75) is 45.8 Å². The van der Waals surface area contributed by atoms with Gasteiger partial charge in [-0.15, -0.1) is 0 Å². The molecule has 0 aliphatic carbocycles. The fraction of sp³-hybridized carbons (Fsp3) is 0.533. The molecule has 0 saturated heterocycles. The van der Waals surface area contributed by atoms with E-state index in [9.17, 15) is 0 Å². The van der Waals surface area contributed by atoms with Crippen LogP contribution < -0.4 is 0 Å². The number of aromatic nitrogens is 2. The molecule has 0 fully saturated rings. The standard InChI is InChI=1S/C15H22N2O/c1-3-4-5-8-11-17-14-10-7-6-9-13(14)16-15(17)12-18-2/h6-7,9-10H,3-5,8,11-12H2,1-2H3. The average Bonchev–Trinajstić information content (AvgIpc) is 2.73. The maximum absolute atomic E-state index is 5.24. The normalized spacial score (nSPS) is 11.2. The number of hydrogen-bond donors (Lipinski definition) is 0. The molecular formula is C15H22N2O. The molecule has 1 aromatic heterocycles. The van der Waals surface area contributed by atoms with Crippen LogP contribution >= 0.6 is 0 Å². The summed E-state index contributed by atoms with van der Waals surface area (Å²) in [7, 11) is 1.72. The zero-order valence-electron chi connectivity index (χ0n) is 11.4. The van der Waals surface area contributed by atoms with Gasteiger partial charge < -0.3 is 9.30 Å². The fourth-order valence-electron chi connectivity index (χ4n) is 2.31. The third-order valence-electron chi connectivity index (χ3n) is 3.24. The Hall–Kier alpha value is -1.35. The van der Waals surface area contributed by atoms with Crippen LogP contribution in [0.2, 0.25) is 0 Å². The first-order chi connectivity index (χ1) is 8.86. The zero-order chi connectivity index (χ0) is 12.8.